The van der Waals surface area contributed by atoms with Crippen molar-refractivity contribution in [3.05, 3.63) is 35.9 Å². The number of allylic oxidation sites excluding steroid dienone is 1. The fourth-order valence-corrected chi connectivity index (χ4v) is 2.44. The molecule has 1 aromatic rings. The predicted molar refractivity (Wildman–Crippen MR) is 84.2 cm³/mol. The van der Waals surface area contributed by atoms with E-state index in [1.165, 1.54) is 11.6 Å². The Morgan fingerprint density at radius 2 is 2.05 bits per heavy atom. The minimum atomic E-state index is 0. The molecule has 0 saturated heterocycles. The van der Waals surface area contributed by atoms with E-state index in [9.17, 15) is 4.79 Å². The highest BCUT2D eigenvalue weighted by Crippen LogP contribution is 2.36. The number of ketones is 1. The first kappa shape index (κ1) is 16.6. The van der Waals surface area contributed by atoms with Gasteiger partial charge in [-0.25, -0.2) is 0 Å². The molecule has 1 aromatic carbocycles. The zero-order valence-electron chi connectivity index (χ0n) is 11.9. The zero-order chi connectivity index (χ0) is 13.8. The van der Waals surface area contributed by atoms with Crippen LogP contribution in [0.25, 0.3) is 0 Å². The topological polar surface area (TPSA) is 47.6 Å². The van der Waals surface area contributed by atoms with Gasteiger partial charge in [-0.2, -0.15) is 13.5 Å². The third-order valence-corrected chi connectivity index (χ3v) is 3.44. The first-order valence-corrected chi connectivity index (χ1v) is 6.33. The number of nitrogens with one attached hydrogen (secondary N) is 1. The number of carbonyl (C=O) groups is 1. The number of methoxy groups -OCH3 is 2. The van der Waals surface area contributed by atoms with Gasteiger partial charge in [0.05, 0.1) is 14.2 Å². The largest absolute Gasteiger partial charge is 0.493 e. The molecule has 1 heterocycles. The van der Waals surface area contributed by atoms with E-state index in [0.29, 0.717) is 12.2 Å². The molecular formula is C15H21NO3S. The Morgan fingerprint density at radius 1 is 1.40 bits per heavy atom. The van der Waals surface area contributed by atoms with Crippen LogP contribution in [-0.2, 0) is 11.2 Å². The van der Waals surface area contributed by atoms with Crippen LogP contribution < -0.4 is 14.8 Å². The van der Waals surface area contributed by atoms with Crippen molar-refractivity contribution >= 4 is 19.3 Å². The predicted octanol–water partition coefficient (Wildman–Crippen LogP) is 2.15. The SMILES string of the molecule is C=CC(=O)C[C@@H]1NCCc2cc(OC)c(OC)cc21.S. The molecule has 0 fully saturated rings. The van der Waals surface area contributed by atoms with Crippen molar-refractivity contribution in [1.29, 1.82) is 0 Å². The number of fused-ring (bicyclic) bond motifs is 1. The maximum atomic E-state index is 11.6. The van der Waals surface area contributed by atoms with Crippen LogP contribution >= 0.6 is 13.5 Å². The van der Waals surface area contributed by atoms with Crippen LogP contribution in [0.15, 0.2) is 24.8 Å². The van der Waals surface area contributed by atoms with E-state index in [2.05, 4.69) is 11.9 Å². The van der Waals surface area contributed by atoms with Crippen molar-refractivity contribution in [2.75, 3.05) is 20.8 Å². The molecule has 1 aliphatic heterocycles. The van der Waals surface area contributed by atoms with Gasteiger partial charge in [-0.1, -0.05) is 6.58 Å². The maximum Gasteiger partial charge on any atom is 0.161 e. The number of ether oxygens (including phenoxy) is 2. The highest BCUT2D eigenvalue weighted by Gasteiger charge is 2.23. The minimum absolute atomic E-state index is 0. The summed E-state index contributed by atoms with van der Waals surface area (Å²) >= 11 is 0. The molecule has 5 heteroatoms. The molecule has 2 rings (SSSR count). The van der Waals surface area contributed by atoms with Crippen LogP contribution in [0.3, 0.4) is 0 Å². The Morgan fingerprint density at radius 3 is 2.65 bits per heavy atom. The van der Waals surface area contributed by atoms with Crippen LogP contribution in [-0.4, -0.2) is 26.5 Å². The normalized spacial score (nSPS) is 16.6. The molecule has 0 saturated carbocycles. The summed E-state index contributed by atoms with van der Waals surface area (Å²) in [5, 5.41) is 3.36. The van der Waals surface area contributed by atoms with Crippen molar-refractivity contribution in [3.8, 4) is 11.5 Å². The summed E-state index contributed by atoms with van der Waals surface area (Å²) in [7, 11) is 3.24. The van der Waals surface area contributed by atoms with Gasteiger partial charge in [0.1, 0.15) is 0 Å². The van der Waals surface area contributed by atoms with Gasteiger partial charge in [0.15, 0.2) is 17.3 Å². The van der Waals surface area contributed by atoms with Gasteiger partial charge in [-0.15, -0.1) is 0 Å². The van der Waals surface area contributed by atoms with Crippen LogP contribution in [0, 0.1) is 0 Å². The molecule has 0 aromatic heterocycles. The second kappa shape index (κ2) is 7.36. The van der Waals surface area contributed by atoms with Gasteiger partial charge in [-0.3, -0.25) is 4.79 Å². The van der Waals surface area contributed by atoms with Crippen LogP contribution in [0.4, 0.5) is 0 Å². The van der Waals surface area contributed by atoms with E-state index in [-0.39, 0.29) is 25.3 Å². The van der Waals surface area contributed by atoms with Crippen LogP contribution in [0.5, 0.6) is 11.5 Å². The molecule has 1 aliphatic rings. The molecular weight excluding hydrogens is 274 g/mol. The summed E-state index contributed by atoms with van der Waals surface area (Å²) < 4.78 is 10.6. The summed E-state index contributed by atoms with van der Waals surface area (Å²) in [5.74, 6) is 1.47. The molecule has 0 aliphatic carbocycles. The van der Waals surface area contributed by atoms with Crippen molar-refractivity contribution in [2.45, 2.75) is 18.9 Å². The van der Waals surface area contributed by atoms with Crippen LogP contribution in [0.2, 0.25) is 0 Å². The summed E-state index contributed by atoms with van der Waals surface area (Å²) in [6.07, 6.45) is 2.72. The van der Waals surface area contributed by atoms with E-state index in [0.717, 1.165) is 24.3 Å². The highest BCUT2D eigenvalue weighted by molar-refractivity contribution is 7.59. The molecule has 110 valence electrons. The van der Waals surface area contributed by atoms with Gasteiger partial charge in [0.25, 0.3) is 0 Å². The van der Waals surface area contributed by atoms with E-state index in [1.807, 2.05) is 12.1 Å². The Hall–Kier alpha value is -1.46. The Labute approximate surface area is 126 Å². The molecule has 1 atom stereocenters. The minimum Gasteiger partial charge on any atom is -0.493 e. The molecule has 0 spiro atoms. The van der Waals surface area contributed by atoms with Crippen molar-refractivity contribution in [3.63, 3.8) is 0 Å². The fraction of sp³-hybridized carbons (Fsp3) is 0.400. The molecule has 1 N–H and O–H groups in total. The molecule has 0 radical (unpaired) electrons. The number of hydrogen-bond acceptors (Lipinski definition) is 4. The van der Waals surface area contributed by atoms with E-state index in [1.54, 1.807) is 14.2 Å². The summed E-state index contributed by atoms with van der Waals surface area (Å²) in [4.78, 5) is 11.6. The lowest BCUT2D eigenvalue weighted by molar-refractivity contribution is -0.115. The smallest absolute Gasteiger partial charge is 0.161 e. The lowest BCUT2D eigenvalue weighted by atomic mass is 9.91. The Kier molecular flexibility index (Phi) is 6.10. The van der Waals surface area contributed by atoms with Gasteiger partial charge >= 0.3 is 0 Å². The lowest BCUT2D eigenvalue weighted by Gasteiger charge is -2.27. The van der Waals surface area contributed by atoms with E-state index < -0.39 is 0 Å². The number of rotatable bonds is 5. The van der Waals surface area contributed by atoms with Gasteiger partial charge in [0.2, 0.25) is 0 Å². The average Bonchev–Trinajstić information content (AvgIpc) is 2.45. The third kappa shape index (κ3) is 3.35. The molecule has 4 nitrogen and oxygen atoms in total. The van der Waals surface area contributed by atoms with Gasteiger partial charge in [-0.05, 0) is 42.3 Å². The zero-order valence-corrected chi connectivity index (χ0v) is 12.9. The number of carbonyl (C=O) groups excluding carboxylic acids is 1. The van der Waals surface area contributed by atoms with Crippen molar-refractivity contribution in [2.24, 2.45) is 0 Å². The van der Waals surface area contributed by atoms with Crippen molar-refractivity contribution < 1.29 is 14.3 Å². The van der Waals surface area contributed by atoms with Gasteiger partial charge in [0, 0.05) is 12.5 Å². The Balaban J connectivity index is 0.00000200. The number of benzene rings is 1. The van der Waals surface area contributed by atoms with E-state index >= 15 is 0 Å². The molecule has 20 heavy (non-hydrogen) atoms. The second-order valence-electron chi connectivity index (χ2n) is 4.54. The van der Waals surface area contributed by atoms with Crippen LogP contribution in [0.1, 0.15) is 23.6 Å². The number of hydrogen-bond donors (Lipinski definition) is 1. The lowest BCUT2D eigenvalue weighted by Crippen LogP contribution is -2.31. The monoisotopic (exact) mass is 295 g/mol. The first-order chi connectivity index (χ1) is 9.19. The fourth-order valence-electron chi connectivity index (χ4n) is 2.44. The quantitative estimate of drug-likeness (QED) is 0.846. The maximum absolute atomic E-state index is 11.6. The molecule has 0 bridgehead atoms. The van der Waals surface area contributed by atoms with E-state index in [4.69, 9.17) is 9.47 Å². The summed E-state index contributed by atoms with van der Waals surface area (Å²) in [5.41, 5.74) is 2.32. The first-order valence-electron chi connectivity index (χ1n) is 6.33. The van der Waals surface area contributed by atoms with Gasteiger partial charge < -0.3 is 14.8 Å². The van der Waals surface area contributed by atoms with Crippen molar-refractivity contribution in [1.82, 2.24) is 5.32 Å². The highest BCUT2D eigenvalue weighted by atomic mass is 32.1. The molecule has 0 amide bonds. The third-order valence-electron chi connectivity index (χ3n) is 3.44. The summed E-state index contributed by atoms with van der Waals surface area (Å²) in [6.45, 7) is 4.38. The average molecular weight is 295 g/mol. The standard InChI is InChI=1S/C15H19NO3.H2S/c1-4-11(17)8-13-12-9-15(19-3)14(18-2)7-10(12)5-6-16-13;/h4,7,9,13,16H,1,5-6,8H2,2-3H3;1H2/t13-;/m0./s1. The Bertz CT molecular complexity index is 502. The summed E-state index contributed by atoms with van der Waals surface area (Å²) in [6, 6.07) is 3.98. The second-order valence-corrected chi connectivity index (χ2v) is 4.54. The molecule has 0 unspecified atom stereocenters.